The molecule has 0 radical (unpaired) electrons. The minimum absolute atomic E-state index is 0.0257. The van der Waals surface area contributed by atoms with Gasteiger partial charge in [-0.3, -0.25) is 68.4 Å². The number of rotatable bonds is 23. The number of aromatic hydroxyl groups is 2. The number of amides is 11. The summed E-state index contributed by atoms with van der Waals surface area (Å²) in [6, 6.07) is 21.5. The van der Waals surface area contributed by atoms with Crippen LogP contribution in [-0.4, -0.2) is 165 Å². The van der Waals surface area contributed by atoms with Crippen molar-refractivity contribution in [1.29, 1.82) is 0 Å². The molecule has 1 heterocycles. The average Bonchev–Trinajstić information content (AvgIpc) is 0.878. The van der Waals surface area contributed by atoms with E-state index in [1.807, 2.05) is 0 Å². The van der Waals surface area contributed by atoms with E-state index in [0.717, 1.165) is 41.2 Å². The Morgan fingerprint density at radius 3 is 1.40 bits per heavy atom. The number of carbonyl (C=O) groups excluding carboxylic acids is 12. The number of benzene rings is 5. The third-order valence-corrected chi connectivity index (χ3v) is 21.6. The number of nitrogens with one attached hydrogen (secondary N) is 10. The van der Waals surface area contributed by atoms with E-state index < -0.39 is 138 Å². The molecular weight excluding hydrogens is 1360 g/mol. The van der Waals surface area contributed by atoms with Gasteiger partial charge in [-0.05, 0) is 97.9 Å². The van der Waals surface area contributed by atoms with Crippen molar-refractivity contribution in [3.63, 3.8) is 0 Å². The summed E-state index contributed by atoms with van der Waals surface area (Å²) in [6.07, 6.45) is -1.86. The lowest BCUT2D eigenvalue weighted by Gasteiger charge is -2.28. The maximum atomic E-state index is 14.9. The van der Waals surface area contributed by atoms with E-state index in [4.69, 9.17) is 28.8 Å². The second kappa shape index (κ2) is 40.1. The molecule has 5 aromatic rings. The number of hydrazine groups is 1. The van der Waals surface area contributed by atoms with Gasteiger partial charge in [0, 0.05) is 43.7 Å². The van der Waals surface area contributed by atoms with Crippen LogP contribution in [0.3, 0.4) is 0 Å². The van der Waals surface area contributed by atoms with Crippen LogP contribution in [0.15, 0.2) is 145 Å². The second-order valence-electron chi connectivity index (χ2n) is 22.8. The number of hydrogen-bond donors (Lipinski definition) is 17. The van der Waals surface area contributed by atoms with E-state index in [1.54, 1.807) is 103 Å². The highest BCUT2D eigenvalue weighted by Crippen LogP contribution is 2.43. The largest absolute Gasteiger partial charge is 0.508 e. The molecule has 1 aliphatic heterocycles. The van der Waals surface area contributed by atoms with Gasteiger partial charge in [-0.15, -0.1) is 0 Å². The molecule has 1 fully saturated rings. The van der Waals surface area contributed by atoms with Crippen molar-refractivity contribution < 1.29 is 67.7 Å². The fourth-order valence-corrected chi connectivity index (χ4v) is 16.0. The Morgan fingerprint density at radius 2 is 0.939 bits per heavy atom. The summed E-state index contributed by atoms with van der Waals surface area (Å²) >= 11 is 0. The van der Waals surface area contributed by atoms with Crippen molar-refractivity contribution in [1.82, 2.24) is 53.3 Å². The van der Waals surface area contributed by atoms with E-state index in [1.165, 1.54) is 43.3 Å². The maximum absolute atomic E-state index is 14.9. The molecule has 0 unspecified atom stereocenters. The zero-order valence-corrected chi connectivity index (χ0v) is 56.9. The van der Waals surface area contributed by atoms with Crippen LogP contribution in [0.1, 0.15) is 54.0 Å². The number of Topliss-reactive ketones (excluding diaryl/α,β-unsaturated/α-hetero) is 1. The van der Waals surface area contributed by atoms with Crippen LogP contribution in [0, 0.1) is 0 Å². The highest BCUT2D eigenvalue weighted by Gasteiger charge is 2.37. The summed E-state index contributed by atoms with van der Waals surface area (Å²) in [5.74, 6) is -7.24. The van der Waals surface area contributed by atoms with E-state index >= 15 is 0 Å². The molecule has 34 heteroatoms. The summed E-state index contributed by atoms with van der Waals surface area (Å²) in [5.41, 5.74) is 27.3. The van der Waals surface area contributed by atoms with Gasteiger partial charge < -0.3 is 81.0 Å². The fourth-order valence-electron chi connectivity index (χ4n) is 9.88. The van der Waals surface area contributed by atoms with Crippen LogP contribution in [-0.2, 0) is 89.6 Å². The van der Waals surface area contributed by atoms with Gasteiger partial charge in [-0.2, -0.15) is 0 Å². The number of primary amides is 2. The molecule has 528 valence electrons. The number of hydrogen-bond acceptors (Lipinski definition) is 21. The van der Waals surface area contributed by atoms with Gasteiger partial charge in [0.2, 0.25) is 64.9 Å². The van der Waals surface area contributed by atoms with Gasteiger partial charge in [-0.25, -0.2) is 5.43 Å². The predicted molar refractivity (Wildman–Crippen MR) is 376 cm³/mol. The van der Waals surface area contributed by atoms with Gasteiger partial charge >= 0.3 is 0 Å². The van der Waals surface area contributed by atoms with Gasteiger partial charge in [0.1, 0.15) is 71.9 Å². The Labute approximate surface area is 585 Å². The molecule has 0 aliphatic carbocycles. The molecule has 6 rings (SSSR count). The predicted octanol–water partition coefficient (Wildman–Crippen LogP) is -1.50. The monoisotopic (exact) mass is 1440 g/mol. The van der Waals surface area contributed by atoms with E-state index in [-0.39, 0.29) is 80.5 Å². The number of phenolic OH excluding ortho intramolecular Hbond substituents is 2. The van der Waals surface area contributed by atoms with Gasteiger partial charge in [0.25, 0.3) is 5.91 Å². The van der Waals surface area contributed by atoms with Gasteiger partial charge in [-0.1, -0.05) is 137 Å². The quantitative estimate of drug-likeness (QED) is 0.00673. The van der Waals surface area contributed by atoms with E-state index in [0.29, 0.717) is 27.8 Å². The van der Waals surface area contributed by atoms with Crippen LogP contribution in [0.25, 0.3) is 0 Å². The third kappa shape index (κ3) is 26.8. The first-order valence-corrected chi connectivity index (χ1v) is 36.1. The van der Waals surface area contributed by atoms with Crippen LogP contribution in [0.5, 0.6) is 11.5 Å². The summed E-state index contributed by atoms with van der Waals surface area (Å²) in [7, 11) is 4.12. The van der Waals surface area contributed by atoms with Crippen LogP contribution in [0.2, 0.25) is 0 Å². The third-order valence-electron chi connectivity index (χ3n) is 15.1. The molecule has 11 amide bonds. The topological polar surface area (TPSA) is 508 Å². The van der Waals surface area contributed by atoms with Crippen LogP contribution >= 0.6 is 41.2 Å². The lowest BCUT2D eigenvalue weighted by molar-refractivity contribution is -0.138. The molecule has 0 spiro atoms. The van der Waals surface area contributed by atoms with Crippen molar-refractivity contribution in [2.24, 2.45) is 33.8 Å². The summed E-state index contributed by atoms with van der Waals surface area (Å²) in [6.45, 7) is 1.22. The summed E-state index contributed by atoms with van der Waals surface area (Å²) < 4.78 is 0. The number of nitrogens with two attached hydrogens (primary N) is 5. The molecule has 22 N–H and O–H groups in total. The molecule has 0 bridgehead atoms. The van der Waals surface area contributed by atoms with Gasteiger partial charge in [0.05, 0.1) is 6.42 Å². The SMILES string of the molecule is C[C@@H]1NC(=O)[C@H](CC(N)=O)NC(=O)[C@@H](Cc2ccccc2)NC(=O)[C@H](Cc2ccccc2)NC(=O)[C@@H](CCCN=C(N)N)NC(=O)[C@H](NC(=O)[C@H](Cc2ccc(O)cc2)NN)CSSSSC[C@H](C(=O)N[C@@H](Cc2ccc(O)cc2)C(=O)C(N)=O)NC(=O)[C@@H](Cc2ccccc2)NC1=O. The number of ketones is 1. The zero-order valence-electron chi connectivity index (χ0n) is 53.6. The number of aliphatic imine (C=N–C) groups is 1. The van der Waals surface area contributed by atoms with Crippen molar-refractivity contribution in [3.05, 3.63) is 167 Å². The molecule has 99 heavy (non-hydrogen) atoms. The number of phenols is 2. The summed E-state index contributed by atoms with van der Waals surface area (Å²) in [4.78, 5) is 174. The minimum atomic E-state index is -1.80. The Bertz CT molecular complexity index is 3630. The van der Waals surface area contributed by atoms with Crippen LogP contribution in [0.4, 0.5) is 0 Å². The number of nitrogens with zero attached hydrogens (tertiary/aromatic N) is 1. The van der Waals surface area contributed by atoms with E-state index in [9.17, 15) is 67.7 Å². The minimum Gasteiger partial charge on any atom is -0.508 e. The second-order valence-corrected chi connectivity index (χ2v) is 28.9. The normalized spacial score (nSPS) is 21.1. The highest BCUT2D eigenvalue weighted by atomic mass is 33.7. The maximum Gasteiger partial charge on any atom is 0.287 e. The number of guanidine groups is 1. The molecule has 0 saturated carbocycles. The molecular formula is C65H80N16O14S4. The Morgan fingerprint density at radius 1 is 0.515 bits per heavy atom. The van der Waals surface area contributed by atoms with Crippen molar-refractivity contribution in [2.45, 2.75) is 119 Å². The summed E-state index contributed by atoms with van der Waals surface area (Å²) in [5, 5.41) is 43.5. The molecule has 30 nitrogen and oxygen atoms in total. The van der Waals surface area contributed by atoms with E-state index in [2.05, 4.69) is 58.3 Å². The number of carbonyl (C=O) groups is 12. The Kier molecular flexibility index (Phi) is 31.7. The first kappa shape index (κ1) is 78.1. The molecule has 1 saturated heterocycles. The molecule has 1 aliphatic rings. The van der Waals surface area contributed by atoms with Gasteiger partial charge in [0.15, 0.2) is 5.96 Å². The van der Waals surface area contributed by atoms with Crippen molar-refractivity contribution in [2.75, 3.05) is 18.1 Å². The lowest BCUT2D eigenvalue weighted by atomic mass is 10.0. The smallest absolute Gasteiger partial charge is 0.287 e. The zero-order chi connectivity index (χ0) is 72.0. The highest BCUT2D eigenvalue weighted by molar-refractivity contribution is 9.26. The molecule has 5 aromatic carbocycles. The van der Waals surface area contributed by atoms with Crippen molar-refractivity contribution in [3.8, 4) is 11.5 Å². The lowest BCUT2D eigenvalue weighted by Crippen LogP contribution is -2.61. The standard InChI is InChI=1S/C65H80N16O14S4/c1-36-56(87)75-46(29-37-12-5-2-6-13-37)61(92)79-52(64(95)74-45(54(85)55(67)86)28-40-19-23-42(82)24-20-40)35-97-99-98-96-34-51(80-62(93)50(81-70)32-41-21-25-43(83)26-22-41)63(94)73-44(18-11-27-71-65(68)69)57(88)76-47(30-38-14-7-3-8-15-38)59(90)77-48(31-39-16-9-4-10-17-39)60(91)78-49(33-53(66)84)58(89)72-36/h2-10,12-17,19-26,36,44-52,81-83H,11,18,27-35,70H2,1H3,(H2,66,84)(H2,67,86)(H,72,89)(H,73,94)(H,74,95)(H,75,87)(H,76,88)(H,77,90)(H,78,91)(H,79,92)(H,80,93)(H4,68,69,71)/t36-,44+,45-,46+,47-,48+,49-,50-,51+,52+/m0/s1. The Balaban J connectivity index is 1.42. The van der Waals surface area contributed by atoms with Crippen LogP contribution < -0.4 is 82.1 Å². The molecule has 0 aromatic heterocycles. The average molecular weight is 1440 g/mol. The van der Waals surface area contributed by atoms with Crippen molar-refractivity contribution >= 4 is 118 Å². The Hall–Kier alpha value is -9.87. The first-order valence-electron chi connectivity index (χ1n) is 31.0. The molecule has 10 atom stereocenters. The fraction of sp³-hybridized carbons (Fsp3) is 0.338. The first-order chi connectivity index (χ1) is 47.3.